The fourth-order valence-corrected chi connectivity index (χ4v) is 2.16. The zero-order valence-corrected chi connectivity index (χ0v) is 12.0. The number of hydrogen-bond donors (Lipinski definition) is 1. The molecule has 1 fully saturated rings. The quantitative estimate of drug-likeness (QED) is 0.855. The fourth-order valence-electron chi connectivity index (χ4n) is 2.16. The molecule has 1 aromatic rings. The molecule has 1 N–H and O–H groups in total. The van der Waals surface area contributed by atoms with Crippen molar-refractivity contribution in [2.45, 2.75) is 46.1 Å². The molecular weight excluding hydrogens is 238 g/mol. The Morgan fingerprint density at radius 3 is 2.84 bits per heavy atom. The first-order valence-electron chi connectivity index (χ1n) is 7.05. The van der Waals surface area contributed by atoms with Gasteiger partial charge in [0, 0.05) is 6.04 Å². The molecule has 3 heteroatoms. The van der Waals surface area contributed by atoms with E-state index in [9.17, 15) is 4.79 Å². The van der Waals surface area contributed by atoms with Crippen molar-refractivity contribution >= 4 is 5.91 Å². The number of carbonyl (C=O) groups is 1. The van der Waals surface area contributed by atoms with Gasteiger partial charge in [-0.1, -0.05) is 12.1 Å². The Bertz CT molecular complexity index is 452. The smallest absolute Gasteiger partial charge is 0.223 e. The predicted octanol–water partition coefficient (Wildman–Crippen LogP) is 2.99. The van der Waals surface area contributed by atoms with Crippen molar-refractivity contribution in [3.05, 3.63) is 29.3 Å². The number of aryl methyl sites for hydroxylation is 2. The molecule has 2 rings (SSSR count). The van der Waals surface area contributed by atoms with Crippen LogP contribution in [0.2, 0.25) is 0 Å². The first-order valence-corrected chi connectivity index (χ1v) is 7.05. The Labute approximate surface area is 115 Å². The summed E-state index contributed by atoms with van der Waals surface area (Å²) < 4.78 is 5.69. The van der Waals surface area contributed by atoms with Crippen molar-refractivity contribution < 1.29 is 9.53 Å². The molecule has 3 nitrogen and oxygen atoms in total. The Kier molecular flexibility index (Phi) is 4.46. The molecule has 1 atom stereocenters. The lowest BCUT2D eigenvalue weighted by Crippen LogP contribution is -2.34. The second kappa shape index (κ2) is 6.09. The van der Waals surface area contributed by atoms with Gasteiger partial charge in [0.15, 0.2) is 0 Å². The van der Waals surface area contributed by atoms with E-state index in [-0.39, 0.29) is 5.91 Å². The molecule has 1 aliphatic rings. The minimum Gasteiger partial charge on any atom is -0.493 e. The van der Waals surface area contributed by atoms with Crippen molar-refractivity contribution in [2.24, 2.45) is 5.92 Å². The number of nitrogens with one attached hydrogen (secondary N) is 1. The van der Waals surface area contributed by atoms with Crippen LogP contribution >= 0.6 is 0 Å². The van der Waals surface area contributed by atoms with Crippen molar-refractivity contribution in [3.8, 4) is 5.75 Å². The van der Waals surface area contributed by atoms with Gasteiger partial charge in [0.05, 0.1) is 13.0 Å². The predicted molar refractivity (Wildman–Crippen MR) is 76.4 cm³/mol. The molecule has 0 saturated heterocycles. The van der Waals surface area contributed by atoms with Crippen LogP contribution in [0.1, 0.15) is 37.3 Å². The molecule has 0 aromatic heterocycles. The molecule has 0 spiro atoms. The normalized spacial score (nSPS) is 15.9. The zero-order chi connectivity index (χ0) is 13.8. The van der Waals surface area contributed by atoms with E-state index in [2.05, 4.69) is 18.3 Å². The van der Waals surface area contributed by atoms with Crippen LogP contribution < -0.4 is 10.1 Å². The average Bonchev–Trinajstić information content (AvgIpc) is 3.17. The lowest BCUT2D eigenvalue weighted by molar-refractivity contribution is -0.122. The van der Waals surface area contributed by atoms with Gasteiger partial charge in [0.2, 0.25) is 5.91 Å². The van der Waals surface area contributed by atoms with E-state index in [4.69, 9.17) is 4.74 Å². The van der Waals surface area contributed by atoms with Crippen LogP contribution in [0.3, 0.4) is 0 Å². The highest BCUT2D eigenvalue weighted by atomic mass is 16.5. The van der Waals surface area contributed by atoms with Crippen LogP contribution in [-0.2, 0) is 4.79 Å². The van der Waals surface area contributed by atoms with Gasteiger partial charge in [0.1, 0.15) is 5.75 Å². The van der Waals surface area contributed by atoms with Crippen LogP contribution in [-0.4, -0.2) is 18.6 Å². The van der Waals surface area contributed by atoms with Gasteiger partial charge in [-0.2, -0.15) is 0 Å². The average molecular weight is 261 g/mol. The van der Waals surface area contributed by atoms with Crippen molar-refractivity contribution in [1.82, 2.24) is 5.32 Å². The molecule has 0 aliphatic heterocycles. The maximum atomic E-state index is 11.7. The van der Waals surface area contributed by atoms with Crippen LogP contribution in [0.4, 0.5) is 0 Å². The van der Waals surface area contributed by atoms with Crippen LogP contribution in [0.25, 0.3) is 0 Å². The van der Waals surface area contributed by atoms with Gasteiger partial charge >= 0.3 is 0 Å². The number of amides is 1. The highest BCUT2D eigenvalue weighted by molar-refractivity contribution is 5.76. The van der Waals surface area contributed by atoms with E-state index >= 15 is 0 Å². The Morgan fingerprint density at radius 2 is 2.16 bits per heavy atom. The van der Waals surface area contributed by atoms with Gasteiger partial charge in [-0.3, -0.25) is 4.79 Å². The van der Waals surface area contributed by atoms with E-state index in [0.717, 1.165) is 11.3 Å². The monoisotopic (exact) mass is 261 g/mol. The third kappa shape index (κ3) is 4.27. The summed E-state index contributed by atoms with van der Waals surface area (Å²) >= 11 is 0. The summed E-state index contributed by atoms with van der Waals surface area (Å²) in [6.45, 7) is 6.58. The van der Waals surface area contributed by atoms with E-state index in [1.165, 1.54) is 18.4 Å². The summed E-state index contributed by atoms with van der Waals surface area (Å²) in [6.07, 6.45) is 2.92. The Balaban J connectivity index is 1.73. The molecule has 1 amide bonds. The number of benzene rings is 1. The minimum atomic E-state index is 0.0877. The second-order valence-electron chi connectivity index (χ2n) is 5.56. The maximum Gasteiger partial charge on any atom is 0.223 e. The van der Waals surface area contributed by atoms with Gasteiger partial charge in [0.25, 0.3) is 0 Å². The van der Waals surface area contributed by atoms with E-state index in [1.54, 1.807) is 0 Å². The number of hydrogen-bond acceptors (Lipinski definition) is 2. The number of rotatable bonds is 6. The summed E-state index contributed by atoms with van der Waals surface area (Å²) in [6, 6.07) is 6.43. The SMILES string of the molecule is Cc1ccc(C)c(OCCC(=O)NC(C)C2CC2)c1. The van der Waals surface area contributed by atoms with Crippen molar-refractivity contribution in [3.63, 3.8) is 0 Å². The molecular formula is C16H23NO2. The summed E-state index contributed by atoms with van der Waals surface area (Å²) in [7, 11) is 0. The van der Waals surface area contributed by atoms with Crippen LogP contribution in [0.5, 0.6) is 5.75 Å². The molecule has 0 heterocycles. The summed E-state index contributed by atoms with van der Waals surface area (Å²) in [5, 5.41) is 3.04. The van der Waals surface area contributed by atoms with E-state index < -0.39 is 0 Å². The molecule has 19 heavy (non-hydrogen) atoms. The molecule has 0 bridgehead atoms. The molecule has 0 radical (unpaired) electrons. The Hall–Kier alpha value is -1.51. The van der Waals surface area contributed by atoms with E-state index in [1.807, 2.05) is 26.0 Å². The summed E-state index contributed by atoms with van der Waals surface area (Å²) in [4.78, 5) is 11.7. The van der Waals surface area contributed by atoms with Crippen molar-refractivity contribution in [1.29, 1.82) is 0 Å². The molecule has 1 aliphatic carbocycles. The topological polar surface area (TPSA) is 38.3 Å². The number of ether oxygens (including phenoxy) is 1. The second-order valence-corrected chi connectivity index (χ2v) is 5.56. The largest absolute Gasteiger partial charge is 0.493 e. The summed E-state index contributed by atoms with van der Waals surface area (Å²) in [5.74, 6) is 1.66. The third-order valence-electron chi connectivity index (χ3n) is 3.65. The Morgan fingerprint density at radius 1 is 1.42 bits per heavy atom. The van der Waals surface area contributed by atoms with Crippen LogP contribution in [0.15, 0.2) is 18.2 Å². The summed E-state index contributed by atoms with van der Waals surface area (Å²) in [5.41, 5.74) is 2.28. The molecule has 104 valence electrons. The van der Waals surface area contributed by atoms with E-state index in [0.29, 0.717) is 25.0 Å². The van der Waals surface area contributed by atoms with Gasteiger partial charge in [-0.25, -0.2) is 0 Å². The molecule has 1 unspecified atom stereocenters. The fraction of sp³-hybridized carbons (Fsp3) is 0.562. The molecule has 1 aromatic carbocycles. The lowest BCUT2D eigenvalue weighted by atomic mass is 10.1. The first-order chi connectivity index (χ1) is 9.06. The molecule has 1 saturated carbocycles. The van der Waals surface area contributed by atoms with Crippen LogP contribution in [0, 0.1) is 19.8 Å². The maximum absolute atomic E-state index is 11.7. The standard InChI is InChI=1S/C16H23NO2/c1-11-4-5-12(2)15(10-11)19-9-8-16(18)17-13(3)14-6-7-14/h4-5,10,13-14H,6-9H2,1-3H3,(H,17,18). The highest BCUT2D eigenvalue weighted by Gasteiger charge is 2.28. The van der Waals surface area contributed by atoms with Gasteiger partial charge in [-0.15, -0.1) is 0 Å². The van der Waals surface area contributed by atoms with Gasteiger partial charge in [-0.05, 0) is 56.7 Å². The van der Waals surface area contributed by atoms with Gasteiger partial charge < -0.3 is 10.1 Å². The number of carbonyl (C=O) groups excluding carboxylic acids is 1. The lowest BCUT2D eigenvalue weighted by Gasteiger charge is -2.13. The zero-order valence-electron chi connectivity index (χ0n) is 12.0. The first kappa shape index (κ1) is 13.9. The minimum absolute atomic E-state index is 0.0877. The third-order valence-corrected chi connectivity index (χ3v) is 3.65. The van der Waals surface area contributed by atoms with Crippen molar-refractivity contribution in [2.75, 3.05) is 6.61 Å². The highest BCUT2D eigenvalue weighted by Crippen LogP contribution is 2.32.